The third-order valence-electron chi connectivity index (χ3n) is 14.7. The molecule has 0 radical (unpaired) electrons. The standard InChI is InChI=1S/C64H51N/c1-62(2,3)54-37-39-59(51-29-15-14-26-48(51)54)65(46-34-36-58-53(41-46)50-28-17-19-31-57(50)64(58,44-21-8-6-9-22-44)45-23-10-7-11-24-45)60-38-33-42-20-12-13-25-47(42)61(60)43-32-35-56-52(40-43)49-27-16-18-30-55(49)63(56,4)5/h6-41H,1-5H3. The molecule has 1 nitrogen and oxygen atoms in total. The molecule has 65 heavy (non-hydrogen) atoms. The van der Waals surface area contributed by atoms with E-state index in [1.807, 2.05) is 0 Å². The van der Waals surface area contributed by atoms with E-state index in [2.05, 4.69) is 258 Å². The predicted molar refractivity (Wildman–Crippen MR) is 275 cm³/mol. The molecule has 312 valence electrons. The van der Waals surface area contributed by atoms with E-state index in [1.165, 1.54) is 93.9 Å². The van der Waals surface area contributed by atoms with Crippen LogP contribution in [0.4, 0.5) is 17.1 Å². The second kappa shape index (κ2) is 14.5. The summed E-state index contributed by atoms with van der Waals surface area (Å²) in [6.45, 7) is 11.7. The minimum atomic E-state index is -0.485. The highest BCUT2D eigenvalue weighted by Gasteiger charge is 2.46. The van der Waals surface area contributed by atoms with Crippen molar-refractivity contribution >= 4 is 38.6 Å². The Balaban J connectivity index is 1.17. The molecule has 0 atom stereocenters. The van der Waals surface area contributed by atoms with Crippen molar-refractivity contribution in [1.29, 1.82) is 0 Å². The van der Waals surface area contributed by atoms with Crippen LogP contribution in [-0.2, 0) is 16.2 Å². The van der Waals surface area contributed by atoms with Crippen LogP contribution in [0.25, 0.3) is 54.9 Å². The quantitative estimate of drug-likeness (QED) is 0.161. The molecule has 12 rings (SSSR count). The lowest BCUT2D eigenvalue weighted by atomic mass is 9.68. The molecule has 0 heterocycles. The fraction of sp³-hybridized carbons (Fsp3) is 0.125. The summed E-state index contributed by atoms with van der Waals surface area (Å²) in [5, 5.41) is 4.96. The summed E-state index contributed by atoms with van der Waals surface area (Å²) < 4.78 is 0. The number of fused-ring (bicyclic) bond motifs is 8. The molecule has 0 saturated heterocycles. The topological polar surface area (TPSA) is 3.24 Å². The van der Waals surface area contributed by atoms with Crippen molar-refractivity contribution in [2.24, 2.45) is 0 Å². The zero-order valence-corrected chi connectivity index (χ0v) is 37.7. The highest BCUT2D eigenvalue weighted by Crippen LogP contribution is 2.58. The first-order valence-electron chi connectivity index (χ1n) is 23.1. The summed E-state index contributed by atoms with van der Waals surface area (Å²) in [4.78, 5) is 2.57. The number of nitrogens with zero attached hydrogens (tertiary/aromatic N) is 1. The van der Waals surface area contributed by atoms with Gasteiger partial charge in [0.1, 0.15) is 0 Å². The Hall–Kier alpha value is -7.48. The summed E-state index contributed by atoms with van der Waals surface area (Å²) in [7, 11) is 0. The van der Waals surface area contributed by atoms with Gasteiger partial charge in [0.15, 0.2) is 0 Å². The largest absolute Gasteiger partial charge is 0.309 e. The fourth-order valence-corrected chi connectivity index (χ4v) is 11.7. The molecule has 2 aliphatic rings. The van der Waals surface area contributed by atoms with E-state index in [1.54, 1.807) is 0 Å². The van der Waals surface area contributed by atoms with Crippen LogP contribution in [0.3, 0.4) is 0 Å². The molecule has 10 aromatic carbocycles. The number of hydrogen-bond acceptors (Lipinski definition) is 1. The average Bonchev–Trinajstić information content (AvgIpc) is 3.76. The van der Waals surface area contributed by atoms with Crippen LogP contribution < -0.4 is 4.90 Å². The first-order valence-corrected chi connectivity index (χ1v) is 23.1. The molecule has 0 bridgehead atoms. The zero-order valence-electron chi connectivity index (χ0n) is 37.7. The number of hydrogen-bond donors (Lipinski definition) is 0. The Kier molecular flexibility index (Phi) is 8.75. The molecule has 0 saturated carbocycles. The molecule has 0 amide bonds. The summed E-state index contributed by atoms with van der Waals surface area (Å²) >= 11 is 0. The highest BCUT2D eigenvalue weighted by atomic mass is 15.1. The third kappa shape index (κ3) is 5.78. The number of anilines is 3. The van der Waals surface area contributed by atoms with Gasteiger partial charge in [0.05, 0.1) is 16.8 Å². The van der Waals surface area contributed by atoms with E-state index >= 15 is 0 Å². The fourth-order valence-electron chi connectivity index (χ4n) is 11.7. The molecule has 0 N–H and O–H groups in total. The molecule has 2 aliphatic carbocycles. The maximum Gasteiger partial charge on any atom is 0.0713 e. The van der Waals surface area contributed by atoms with Crippen LogP contribution in [0, 0.1) is 0 Å². The zero-order chi connectivity index (χ0) is 44.1. The van der Waals surface area contributed by atoms with Gasteiger partial charge in [-0.2, -0.15) is 0 Å². The molecular weight excluding hydrogens is 783 g/mol. The minimum absolute atomic E-state index is 0.0406. The van der Waals surface area contributed by atoms with E-state index in [0.717, 1.165) is 17.1 Å². The van der Waals surface area contributed by atoms with Gasteiger partial charge in [-0.15, -0.1) is 0 Å². The SMILES string of the molecule is CC(C)(C)c1ccc(N(c2ccc3c(c2)-c2ccccc2C3(c2ccccc2)c2ccccc2)c2ccc3ccccc3c2-c2ccc3c(c2)-c2ccccc2C3(C)C)c2ccccc12. The highest BCUT2D eigenvalue weighted by molar-refractivity contribution is 6.09. The summed E-state index contributed by atoms with van der Waals surface area (Å²) in [5.74, 6) is 0. The van der Waals surface area contributed by atoms with E-state index in [9.17, 15) is 0 Å². The molecular formula is C64H51N. The Bertz CT molecular complexity index is 3460. The second-order valence-electron chi connectivity index (χ2n) is 19.6. The minimum Gasteiger partial charge on any atom is -0.309 e. The lowest BCUT2D eigenvalue weighted by Gasteiger charge is -2.34. The Morgan fingerprint density at radius 2 is 0.908 bits per heavy atom. The van der Waals surface area contributed by atoms with Crippen LogP contribution >= 0.6 is 0 Å². The van der Waals surface area contributed by atoms with Gasteiger partial charge in [0.2, 0.25) is 0 Å². The third-order valence-corrected chi connectivity index (χ3v) is 14.7. The van der Waals surface area contributed by atoms with Crippen molar-refractivity contribution in [3.8, 4) is 33.4 Å². The van der Waals surface area contributed by atoms with Crippen LogP contribution in [0.2, 0.25) is 0 Å². The molecule has 0 fully saturated rings. The Labute approximate surface area is 383 Å². The molecule has 0 spiro atoms. The predicted octanol–water partition coefficient (Wildman–Crippen LogP) is 17.1. The van der Waals surface area contributed by atoms with Crippen LogP contribution in [0.1, 0.15) is 73.6 Å². The van der Waals surface area contributed by atoms with Crippen molar-refractivity contribution in [1.82, 2.24) is 0 Å². The van der Waals surface area contributed by atoms with Gasteiger partial charge in [-0.3, -0.25) is 0 Å². The molecule has 10 aromatic rings. The van der Waals surface area contributed by atoms with Gasteiger partial charge in [0, 0.05) is 22.1 Å². The van der Waals surface area contributed by atoms with Gasteiger partial charge in [0.25, 0.3) is 0 Å². The lowest BCUT2D eigenvalue weighted by Crippen LogP contribution is -2.28. The normalized spacial score (nSPS) is 14.2. The maximum absolute atomic E-state index is 2.57. The molecule has 0 aliphatic heterocycles. The van der Waals surface area contributed by atoms with Crippen molar-refractivity contribution < 1.29 is 0 Å². The number of rotatable bonds is 6. The van der Waals surface area contributed by atoms with E-state index in [4.69, 9.17) is 0 Å². The van der Waals surface area contributed by atoms with Crippen LogP contribution in [0.5, 0.6) is 0 Å². The summed E-state index contributed by atoms with van der Waals surface area (Å²) in [6, 6.07) is 82.2. The van der Waals surface area contributed by atoms with Crippen molar-refractivity contribution in [3.63, 3.8) is 0 Å². The second-order valence-corrected chi connectivity index (χ2v) is 19.6. The summed E-state index contributed by atoms with van der Waals surface area (Å²) in [5.41, 5.74) is 19.7. The molecule has 1 heteroatoms. The maximum atomic E-state index is 2.57. The van der Waals surface area contributed by atoms with Gasteiger partial charge in [-0.25, -0.2) is 0 Å². The van der Waals surface area contributed by atoms with E-state index < -0.39 is 5.41 Å². The monoisotopic (exact) mass is 833 g/mol. The average molecular weight is 834 g/mol. The first kappa shape index (κ1) is 39.1. The van der Waals surface area contributed by atoms with E-state index in [0.29, 0.717) is 0 Å². The molecule has 0 unspecified atom stereocenters. The van der Waals surface area contributed by atoms with E-state index in [-0.39, 0.29) is 10.8 Å². The Morgan fingerprint density at radius 1 is 0.385 bits per heavy atom. The smallest absolute Gasteiger partial charge is 0.0713 e. The first-order chi connectivity index (χ1) is 31.7. The van der Waals surface area contributed by atoms with Crippen LogP contribution in [0.15, 0.2) is 218 Å². The van der Waals surface area contributed by atoms with Gasteiger partial charge < -0.3 is 4.90 Å². The van der Waals surface area contributed by atoms with Crippen LogP contribution in [-0.4, -0.2) is 0 Å². The molecule has 0 aromatic heterocycles. The van der Waals surface area contributed by atoms with Crippen molar-refractivity contribution in [3.05, 3.63) is 257 Å². The summed E-state index contributed by atoms with van der Waals surface area (Å²) in [6.07, 6.45) is 0. The van der Waals surface area contributed by atoms with Crippen molar-refractivity contribution in [2.45, 2.75) is 50.9 Å². The van der Waals surface area contributed by atoms with Gasteiger partial charge in [-0.1, -0.05) is 223 Å². The van der Waals surface area contributed by atoms with Crippen molar-refractivity contribution in [2.75, 3.05) is 4.90 Å². The Morgan fingerprint density at radius 3 is 1.62 bits per heavy atom. The van der Waals surface area contributed by atoms with Gasteiger partial charge >= 0.3 is 0 Å². The number of benzene rings is 10. The lowest BCUT2D eigenvalue weighted by molar-refractivity contribution is 0.596. The van der Waals surface area contributed by atoms with Gasteiger partial charge in [-0.05, 0) is 119 Å².